The zero-order valence-electron chi connectivity index (χ0n) is 9.61. The lowest BCUT2D eigenvalue weighted by molar-refractivity contribution is 0.565. The van der Waals surface area contributed by atoms with Crippen molar-refractivity contribution in [2.75, 3.05) is 17.7 Å². The Morgan fingerprint density at radius 2 is 1.75 bits per heavy atom. The Morgan fingerprint density at radius 3 is 2.31 bits per heavy atom. The van der Waals surface area contributed by atoms with Crippen molar-refractivity contribution in [3.8, 4) is 0 Å². The van der Waals surface area contributed by atoms with Crippen LogP contribution in [0.25, 0.3) is 0 Å². The van der Waals surface area contributed by atoms with Gasteiger partial charge in [0.15, 0.2) is 0 Å². The maximum atomic E-state index is 4.29. The number of aromatic nitrogens is 2. The third kappa shape index (κ3) is 2.10. The normalized spacial score (nSPS) is 19.9. The van der Waals surface area contributed by atoms with Gasteiger partial charge >= 0.3 is 0 Å². The monoisotopic (exact) mass is 218 g/mol. The topological polar surface area (TPSA) is 49.8 Å². The van der Waals surface area contributed by atoms with E-state index >= 15 is 0 Å². The van der Waals surface area contributed by atoms with Crippen LogP contribution in [0.15, 0.2) is 12.4 Å². The summed E-state index contributed by atoms with van der Waals surface area (Å²) in [5.41, 5.74) is 0. The molecule has 0 bridgehead atoms. The zero-order chi connectivity index (χ0) is 11.0. The summed E-state index contributed by atoms with van der Waals surface area (Å²) < 4.78 is 0. The molecule has 0 unspecified atom stereocenters. The largest absolute Gasteiger partial charge is 0.373 e. The van der Waals surface area contributed by atoms with Crippen LogP contribution < -0.4 is 10.6 Å². The average molecular weight is 218 g/mol. The van der Waals surface area contributed by atoms with Gasteiger partial charge in [-0.2, -0.15) is 0 Å². The second kappa shape index (κ2) is 3.92. The van der Waals surface area contributed by atoms with Crippen molar-refractivity contribution in [1.82, 2.24) is 9.97 Å². The van der Waals surface area contributed by atoms with Crippen LogP contribution in [-0.4, -0.2) is 23.1 Å². The van der Waals surface area contributed by atoms with Crippen LogP contribution in [0.4, 0.5) is 11.6 Å². The first kappa shape index (κ1) is 9.87. The van der Waals surface area contributed by atoms with Crippen LogP contribution in [0, 0.1) is 11.8 Å². The molecule has 2 aliphatic carbocycles. The van der Waals surface area contributed by atoms with E-state index in [2.05, 4.69) is 20.6 Å². The first-order valence-corrected chi connectivity index (χ1v) is 6.13. The van der Waals surface area contributed by atoms with E-state index in [1.54, 1.807) is 6.33 Å². The van der Waals surface area contributed by atoms with E-state index in [0.717, 1.165) is 23.5 Å². The number of rotatable bonds is 5. The third-order valence-electron chi connectivity index (χ3n) is 3.50. The van der Waals surface area contributed by atoms with Crippen molar-refractivity contribution in [2.24, 2.45) is 11.8 Å². The molecule has 0 aliphatic heterocycles. The van der Waals surface area contributed by atoms with Crippen molar-refractivity contribution >= 4 is 11.6 Å². The number of nitrogens with zero attached hydrogens (tertiary/aromatic N) is 2. The predicted molar refractivity (Wildman–Crippen MR) is 64.4 cm³/mol. The molecule has 16 heavy (non-hydrogen) atoms. The number of hydrogen-bond acceptors (Lipinski definition) is 4. The highest BCUT2D eigenvalue weighted by Crippen LogP contribution is 2.45. The molecule has 2 aliphatic rings. The van der Waals surface area contributed by atoms with Gasteiger partial charge in [-0.25, -0.2) is 9.97 Å². The van der Waals surface area contributed by atoms with Gasteiger partial charge in [0.1, 0.15) is 18.0 Å². The molecule has 2 saturated carbocycles. The van der Waals surface area contributed by atoms with Gasteiger partial charge in [0, 0.05) is 19.2 Å². The van der Waals surface area contributed by atoms with E-state index in [4.69, 9.17) is 0 Å². The van der Waals surface area contributed by atoms with Crippen LogP contribution in [0.3, 0.4) is 0 Å². The first-order valence-electron chi connectivity index (χ1n) is 6.13. The fourth-order valence-corrected chi connectivity index (χ4v) is 2.28. The molecule has 2 N–H and O–H groups in total. The summed E-state index contributed by atoms with van der Waals surface area (Å²) in [6.45, 7) is 0. The lowest BCUT2D eigenvalue weighted by Crippen LogP contribution is -2.24. The Labute approximate surface area is 95.9 Å². The maximum Gasteiger partial charge on any atom is 0.131 e. The van der Waals surface area contributed by atoms with Crippen molar-refractivity contribution in [3.63, 3.8) is 0 Å². The molecule has 0 amide bonds. The molecule has 1 aromatic heterocycles. The van der Waals surface area contributed by atoms with Gasteiger partial charge in [-0.15, -0.1) is 0 Å². The summed E-state index contributed by atoms with van der Waals surface area (Å²) in [6, 6.07) is 2.64. The minimum atomic E-state index is 0.652. The molecule has 0 spiro atoms. The molecule has 4 nitrogen and oxygen atoms in total. The first-order chi connectivity index (χ1) is 7.86. The van der Waals surface area contributed by atoms with Gasteiger partial charge in [-0.05, 0) is 37.5 Å². The summed E-state index contributed by atoms with van der Waals surface area (Å²) >= 11 is 0. The third-order valence-corrected chi connectivity index (χ3v) is 3.50. The summed E-state index contributed by atoms with van der Waals surface area (Å²) in [5.74, 6) is 3.62. The molecule has 4 heteroatoms. The van der Waals surface area contributed by atoms with E-state index in [1.165, 1.54) is 25.7 Å². The van der Waals surface area contributed by atoms with E-state index in [1.807, 2.05) is 13.1 Å². The van der Waals surface area contributed by atoms with Gasteiger partial charge in [0.05, 0.1) is 0 Å². The van der Waals surface area contributed by atoms with Crippen molar-refractivity contribution in [2.45, 2.75) is 31.7 Å². The highest BCUT2D eigenvalue weighted by molar-refractivity contribution is 5.47. The lowest BCUT2D eigenvalue weighted by atomic mass is 10.1. The molecule has 1 aromatic rings. The van der Waals surface area contributed by atoms with Gasteiger partial charge < -0.3 is 10.6 Å². The molecule has 0 atom stereocenters. The number of nitrogens with one attached hydrogen (secondary N) is 2. The van der Waals surface area contributed by atoms with Gasteiger partial charge in [-0.1, -0.05) is 0 Å². The minimum absolute atomic E-state index is 0.652. The standard InChI is InChI=1S/C12H18N4/c1-13-10-6-11(15-7-14-10)16-12(8-2-3-8)9-4-5-9/h6-9,12H,2-5H2,1H3,(H2,13,14,15,16). The molecule has 1 heterocycles. The second-order valence-corrected chi connectivity index (χ2v) is 4.88. The van der Waals surface area contributed by atoms with E-state index < -0.39 is 0 Å². The molecular weight excluding hydrogens is 200 g/mol. The van der Waals surface area contributed by atoms with Crippen LogP contribution in [0.1, 0.15) is 25.7 Å². The molecule has 0 aromatic carbocycles. The number of anilines is 2. The predicted octanol–water partition coefficient (Wildman–Crippen LogP) is 2.12. The van der Waals surface area contributed by atoms with Crippen LogP contribution in [0.5, 0.6) is 0 Å². The van der Waals surface area contributed by atoms with Gasteiger partial charge in [0.25, 0.3) is 0 Å². The Balaban J connectivity index is 1.70. The smallest absolute Gasteiger partial charge is 0.131 e. The Morgan fingerprint density at radius 1 is 1.12 bits per heavy atom. The Kier molecular flexibility index (Phi) is 2.42. The number of hydrogen-bond donors (Lipinski definition) is 2. The molecule has 0 saturated heterocycles. The Hall–Kier alpha value is -1.32. The summed E-state index contributed by atoms with van der Waals surface area (Å²) in [4.78, 5) is 8.41. The quantitative estimate of drug-likeness (QED) is 0.794. The fourth-order valence-electron chi connectivity index (χ4n) is 2.28. The summed E-state index contributed by atoms with van der Waals surface area (Å²) in [7, 11) is 1.88. The van der Waals surface area contributed by atoms with E-state index in [9.17, 15) is 0 Å². The maximum absolute atomic E-state index is 4.29. The fraction of sp³-hybridized carbons (Fsp3) is 0.667. The highest BCUT2D eigenvalue weighted by Gasteiger charge is 2.41. The van der Waals surface area contributed by atoms with E-state index in [0.29, 0.717) is 6.04 Å². The van der Waals surface area contributed by atoms with Crippen LogP contribution >= 0.6 is 0 Å². The van der Waals surface area contributed by atoms with Crippen molar-refractivity contribution < 1.29 is 0 Å². The zero-order valence-corrected chi connectivity index (χ0v) is 9.61. The molecule has 86 valence electrons. The highest BCUT2D eigenvalue weighted by atomic mass is 15.1. The second-order valence-electron chi connectivity index (χ2n) is 4.88. The summed E-state index contributed by atoms with van der Waals surface area (Å²) in [5, 5.41) is 6.63. The Bertz CT molecular complexity index is 359. The molecule has 2 fully saturated rings. The van der Waals surface area contributed by atoms with Gasteiger partial charge in [0.2, 0.25) is 0 Å². The van der Waals surface area contributed by atoms with Crippen LogP contribution in [-0.2, 0) is 0 Å². The average Bonchev–Trinajstić information content (AvgIpc) is 3.18. The van der Waals surface area contributed by atoms with Crippen LogP contribution in [0.2, 0.25) is 0 Å². The summed E-state index contributed by atoms with van der Waals surface area (Å²) in [6.07, 6.45) is 7.16. The molecule has 0 radical (unpaired) electrons. The lowest BCUT2D eigenvalue weighted by Gasteiger charge is -2.18. The SMILES string of the molecule is CNc1cc(NC(C2CC2)C2CC2)ncn1. The van der Waals surface area contributed by atoms with E-state index in [-0.39, 0.29) is 0 Å². The minimum Gasteiger partial charge on any atom is -0.373 e. The molecular formula is C12H18N4. The van der Waals surface area contributed by atoms with Gasteiger partial charge in [-0.3, -0.25) is 0 Å². The molecule has 3 rings (SSSR count). The van der Waals surface area contributed by atoms with Crippen molar-refractivity contribution in [3.05, 3.63) is 12.4 Å². The van der Waals surface area contributed by atoms with Crippen molar-refractivity contribution in [1.29, 1.82) is 0 Å².